The molecule has 6 rings (SSSR count). The molecule has 0 saturated carbocycles. The van der Waals surface area contributed by atoms with Crippen LogP contribution in [0.5, 0.6) is 0 Å². The lowest BCUT2D eigenvalue weighted by molar-refractivity contribution is 0.313. The van der Waals surface area contributed by atoms with Crippen LogP contribution in [-0.4, -0.2) is 57.1 Å². The largest absolute Gasteiger partial charge is 0.369 e. The number of fused-ring (bicyclic) bond motifs is 5. The van der Waals surface area contributed by atoms with E-state index in [4.69, 9.17) is 4.98 Å². The zero-order chi connectivity index (χ0) is 22.5. The highest BCUT2D eigenvalue weighted by atomic mass is 16.1. The Hall–Kier alpha value is -3.91. The molecular weight excluding hydrogens is 414 g/mol. The number of aryl methyl sites for hydroxylation is 1. The number of aromatic nitrogens is 4. The molecule has 3 aromatic heterocycles. The van der Waals surface area contributed by atoms with Gasteiger partial charge in [0, 0.05) is 50.0 Å². The third-order valence-electron chi connectivity index (χ3n) is 6.55. The molecule has 1 aliphatic rings. The van der Waals surface area contributed by atoms with E-state index in [1.54, 1.807) is 17.8 Å². The van der Waals surface area contributed by atoms with Gasteiger partial charge in [-0.3, -0.25) is 9.20 Å². The van der Waals surface area contributed by atoms with Gasteiger partial charge in [0.15, 0.2) is 5.65 Å². The van der Waals surface area contributed by atoms with Crippen molar-refractivity contribution in [3.63, 3.8) is 0 Å². The second-order valence-electron chi connectivity index (χ2n) is 8.65. The zero-order valence-corrected chi connectivity index (χ0v) is 18.7. The van der Waals surface area contributed by atoms with Gasteiger partial charge in [-0.2, -0.15) is 4.98 Å². The summed E-state index contributed by atoms with van der Waals surface area (Å²) in [5.74, 6) is 0.493. The first-order valence-electron chi connectivity index (χ1n) is 11.1. The van der Waals surface area contributed by atoms with Crippen molar-refractivity contribution in [1.82, 2.24) is 23.8 Å². The molecule has 0 amide bonds. The monoisotopic (exact) mass is 439 g/mol. The van der Waals surface area contributed by atoms with Gasteiger partial charge in [0.2, 0.25) is 5.95 Å². The van der Waals surface area contributed by atoms with Crippen LogP contribution in [0, 0.1) is 0 Å². The van der Waals surface area contributed by atoms with Crippen LogP contribution < -0.4 is 15.8 Å². The highest BCUT2D eigenvalue weighted by Gasteiger charge is 2.16. The van der Waals surface area contributed by atoms with E-state index in [1.165, 1.54) is 5.69 Å². The average Bonchev–Trinajstić information content (AvgIpc) is 3.24. The van der Waals surface area contributed by atoms with E-state index in [0.717, 1.165) is 42.8 Å². The van der Waals surface area contributed by atoms with Gasteiger partial charge in [-0.1, -0.05) is 18.2 Å². The van der Waals surface area contributed by atoms with E-state index in [1.807, 2.05) is 34.7 Å². The van der Waals surface area contributed by atoms with Gasteiger partial charge in [-0.15, -0.1) is 0 Å². The number of rotatable bonds is 3. The van der Waals surface area contributed by atoms with Crippen molar-refractivity contribution in [3.05, 3.63) is 71.1 Å². The fourth-order valence-electron chi connectivity index (χ4n) is 4.60. The number of benzene rings is 2. The number of nitrogens with zero attached hydrogens (tertiary/aromatic N) is 6. The Kier molecular flexibility index (Phi) is 4.55. The van der Waals surface area contributed by atoms with Gasteiger partial charge in [0.25, 0.3) is 5.56 Å². The molecule has 0 aliphatic carbocycles. The van der Waals surface area contributed by atoms with Crippen molar-refractivity contribution >= 4 is 44.9 Å². The molecule has 4 heterocycles. The molecule has 0 unspecified atom stereocenters. The van der Waals surface area contributed by atoms with E-state index in [9.17, 15) is 4.79 Å². The topological polar surface area (TPSA) is 70.7 Å². The van der Waals surface area contributed by atoms with E-state index in [2.05, 4.69) is 51.4 Å². The van der Waals surface area contributed by atoms with Crippen LogP contribution >= 0.6 is 0 Å². The van der Waals surface area contributed by atoms with Crippen LogP contribution in [0.25, 0.3) is 27.6 Å². The Labute approximate surface area is 190 Å². The second kappa shape index (κ2) is 7.60. The van der Waals surface area contributed by atoms with Gasteiger partial charge in [0.1, 0.15) is 11.0 Å². The molecule has 0 atom stereocenters. The lowest BCUT2D eigenvalue weighted by atomic mass is 10.2. The molecule has 166 valence electrons. The molecule has 1 saturated heterocycles. The molecule has 0 radical (unpaired) electrons. The number of hydrogen-bond acceptors (Lipinski definition) is 6. The normalized spacial score (nSPS) is 15.0. The van der Waals surface area contributed by atoms with Crippen molar-refractivity contribution in [2.75, 3.05) is 43.4 Å². The Morgan fingerprint density at radius 2 is 1.64 bits per heavy atom. The van der Waals surface area contributed by atoms with Crippen molar-refractivity contribution in [3.8, 4) is 0 Å². The first-order valence-corrected chi connectivity index (χ1v) is 11.1. The molecule has 8 nitrogen and oxygen atoms in total. The van der Waals surface area contributed by atoms with Gasteiger partial charge in [0.05, 0.1) is 11.7 Å². The molecule has 5 aromatic rings. The first-order chi connectivity index (χ1) is 16.1. The molecule has 2 aromatic carbocycles. The summed E-state index contributed by atoms with van der Waals surface area (Å²) in [6.07, 6.45) is 1.71. The predicted molar refractivity (Wildman–Crippen MR) is 133 cm³/mol. The number of anilines is 3. The number of piperazine rings is 1. The maximum absolute atomic E-state index is 12.9. The van der Waals surface area contributed by atoms with Crippen molar-refractivity contribution in [1.29, 1.82) is 0 Å². The minimum Gasteiger partial charge on any atom is -0.369 e. The predicted octanol–water partition coefficient (Wildman–Crippen LogP) is 3.23. The van der Waals surface area contributed by atoms with Crippen LogP contribution in [0.2, 0.25) is 0 Å². The first kappa shape index (κ1) is 19.8. The molecule has 0 spiro atoms. The Morgan fingerprint density at radius 3 is 2.42 bits per heavy atom. The Bertz CT molecular complexity index is 1540. The summed E-state index contributed by atoms with van der Waals surface area (Å²) in [5, 5.41) is 4.33. The summed E-state index contributed by atoms with van der Waals surface area (Å²) in [6, 6.07) is 18.3. The third kappa shape index (κ3) is 3.30. The number of nitrogens with one attached hydrogen (secondary N) is 1. The second-order valence-corrected chi connectivity index (χ2v) is 8.65. The van der Waals surface area contributed by atoms with Gasteiger partial charge >= 0.3 is 0 Å². The fraction of sp³-hybridized carbons (Fsp3) is 0.240. The lowest BCUT2D eigenvalue weighted by Gasteiger charge is -2.34. The van der Waals surface area contributed by atoms with E-state index in [-0.39, 0.29) is 5.56 Å². The standard InChI is InChI=1S/C25H25N7O/c1-29-11-13-31(14-12-29)19-9-7-18(8-10-19)27-25-26-16-22-23(28-25)32-20-6-4-3-5-17(20)15-21(32)24(33)30(22)2/h3-10,15-16H,11-14H2,1-2H3,(H,26,27,28). The summed E-state index contributed by atoms with van der Waals surface area (Å²) >= 11 is 0. The Balaban J connectivity index is 1.38. The quantitative estimate of drug-likeness (QED) is 0.466. The average molecular weight is 440 g/mol. The van der Waals surface area contributed by atoms with Gasteiger partial charge < -0.3 is 19.7 Å². The lowest BCUT2D eigenvalue weighted by Crippen LogP contribution is -2.44. The highest BCUT2D eigenvalue weighted by molar-refractivity contribution is 5.92. The smallest absolute Gasteiger partial charge is 0.275 e. The Morgan fingerprint density at radius 1 is 0.879 bits per heavy atom. The van der Waals surface area contributed by atoms with Gasteiger partial charge in [-0.25, -0.2) is 4.98 Å². The summed E-state index contributed by atoms with van der Waals surface area (Å²) in [4.78, 5) is 27.0. The van der Waals surface area contributed by atoms with Crippen LogP contribution in [0.1, 0.15) is 0 Å². The molecule has 0 bridgehead atoms. The fourth-order valence-corrected chi connectivity index (χ4v) is 4.60. The minimum absolute atomic E-state index is 0.0671. The summed E-state index contributed by atoms with van der Waals surface area (Å²) in [7, 11) is 3.92. The van der Waals surface area contributed by atoms with Crippen molar-refractivity contribution in [2.24, 2.45) is 7.05 Å². The molecule has 1 fully saturated rings. The molecular formula is C25H25N7O. The van der Waals surface area contributed by atoms with Crippen LogP contribution in [0.4, 0.5) is 17.3 Å². The number of likely N-dealkylation sites (N-methyl/N-ethyl adjacent to an activating group) is 1. The SMILES string of the molecule is CN1CCN(c2ccc(Nc3ncc4c(n3)n3c(cc5ccccc53)c(=O)n4C)cc2)CC1. The molecule has 8 heteroatoms. The minimum atomic E-state index is -0.0671. The zero-order valence-electron chi connectivity index (χ0n) is 18.7. The molecule has 1 aliphatic heterocycles. The van der Waals surface area contributed by atoms with Crippen LogP contribution in [-0.2, 0) is 7.05 Å². The maximum Gasteiger partial charge on any atom is 0.275 e. The van der Waals surface area contributed by atoms with E-state index < -0.39 is 0 Å². The van der Waals surface area contributed by atoms with Crippen molar-refractivity contribution < 1.29 is 0 Å². The van der Waals surface area contributed by atoms with Gasteiger partial charge in [-0.05, 0) is 43.4 Å². The summed E-state index contributed by atoms with van der Waals surface area (Å²) in [6.45, 7) is 4.24. The molecule has 33 heavy (non-hydrogen) atoms. The van der Waals surface area contributed by atoms with E-state index in [0.29, 0.717) is 22.6 Å². The molecule has 1 N–H and O–H groups in total. The van der Waals surface area contributed by atoms with Crippen molar-refractivity contribution in [2.45, 2.75) is 0 Å². The number of hydrogen-bond donors (Lipinski definition) is 1. The third-order valence-corrected chi connectivity index (χ3v) is 6.55. The number of para-hydroxylation sites is 1. The van der Waals surface area contributed by atoms with E-state index >= 15 is 0 Å². The summed E-state index contributed by atoms with van der Waals surface area (Å²) < 4.78 is 3.54. The maximum atomic E-state index is 12.9. The highest BCUT2D eigenvalue weighted by Crippen LogP contribution is 2.24. The summed E-state index contributed by atoms with van der Waals surface area (Å²) in [5.41, 5.74) is 5.02. The van der Waals surface area contributed by atoms with Crippen LogP contribution in [0.3, 0.4) is 0 Å². The van der Waals surface area contributed by atoms with Crippen LogP contribution in [0.15, 0.2) is 65.6 Å².